The van der Waals surface area contributed by atoms with Crippen molar-refractivity contribution in [3.05, 3.63) is 24.0 Å². The van der Waals surface area contributed by atoms with Crippen molar-refractivity contribution in [3.8, 4) is 0 Å². The molecule has 1 spiro atoms. The molecule has 1 unspecified atom stereocenters. The van der Waals surface area contributed by atoms with Gasteiger partial charge in [-0.05, 0) is 62.5 Å². The number of pyridine rings is 1. The Hall–Kier alpha value is -2.85. The molecule has 1 heterocycles. The number of hydrogen-bond acceptors (Lipinski definition) is 8. The minimum Gasteiger partial charge on any atom is -0.396 e. The molecular weight excluding hydrogens is 436 g/mol. The number of carbonyl (C=O) groups is 3. The molecule has 186 valence electrons. The lowest BCUT2D eigenvalue weighted by molar-refractivity contribution is -0.129. The van der Waals surface area contributed by atoms with Crippen LogP contribution in [-0.4, -0.2) is 65.2 Å². The number of aliphatic hydroxyl groups is 1. The molecule has 10 heteroatoms. The number of rotatable bonds is 12. The van der Waals surface area contributed by atoms with Crippen LogP contribution >= 0.6 is 0 Å². The number of nitrogens with two attached hydrogens (primary N) is 1. The Kier molecular flexibility index (Phi) is 8.73. The van der Waals surface area contributed by atoms with Crippen LogP contribution in [0.25, 0.3) is 0 Å². The van der Waals surface area contributed by atoms with E-state index >= 15 is 0 Å². The number of amides is 2. The number of anilines is 1. The van der Waals surface area contributed by atoms with Crippen molar-refractivity contribution >= 4 is 29.0 Å². The average Bonchev–Trinajstić information content (AvgIpc) is 3.57. The molecular formula is C24H36N6O4. The van der Waals surface area contributed by atoms with Crippen molar-refractivity contribution in [1.29, 1.82) is 5.41 Å². The first-order valence-corrected chi connectivity index (χ1v) is 12.0. The van der Waals surface area contributed by atoms with Gasteiger partial charge in [0.15, 0.2) is 5.78 Å². The highest BCUT2D eigenvalue weighted by atomic mass is 16.3. The fourth-order valence-electron chi connectivity index (χ4n) is 4.68. The zero-order valence-corrected chi connectivity index (χ0v) is 19.7. The van der Waals surface area contributed by atoms with Crippen LogP contribution < -0.4 is 21.7 Å². The molecule has 0 radical (unpaired) electrons. The zero-order valence-electron chi connectivity index (χ0n) is 19.7. The van der Waals surface area contributed by atoms with Crippen LogP contribution in [0.5, 0.6) is 0 Å². The van der Waals surface area contributed by atoms with Crippen LogP contribution in [0.4, 0.5) is 5.69 Å². The van der Waals surface area contributed by atoms with Crippen LogP contribution in [-0.2, 0) is 14.4 Å². The van der Waals surface area contributed by atoms with Crippen molar-refractivity contribution in [1.82, 2.24) is 15.6 Å². The summed E-state index contributed by atoms with van der Waals surface area (Å²) in [6, 6.07) is 0.808. The van der Waals surface area contributed by atoms with Gasteiger partial charge in [0.25, 0.3) is 0 Å². The van der Waals surface area contributed by atoms with Crippen molar-refractivity contribution in [2.24, 2.45) is 17.1 Å². The first-order chi connectivity index (χ1) is 16.3. The summed E-state index contributed by atoms with van der Waals surface area (Å²) in [6.45, 7) is 1.15. The van der Waals surface area contributed by atoms with Gasteiger partial charge in [0.2, 0.25) is 11.8 Å². The summed E-state index contributed by atoms with van der Waals surface area (Å²) in [5.74, 6) is -1.40. The second-order valence-corrected chi connectivity index (χ2v) is 9.65. The van der Waals surface area contributed by atoms with Crippen molar-refractivity contribution < 1.29 is 19.5 Å². The highest BCUT2D eigenvalue weighted by Crippen LogP contribution is 2.56. The molecule has 0 bridgehead atoms. The van der Waals surface area contributed by atoms with E-state index in [-0.39, 0.29) is 49.7 Å². The first-order valence-electron chi connectivity index (χ1n) is 12.0. The van der Waals surface area contributed by atoms with E-state index in [4.69, 9.17) is 11.1 Å². The highest BCUT2D eigenvalue weighted by molar-refractivity contribution is 6.45. The Bertz CT molecular complexity index is 912. The molecule has 2 saturated carbocycles. The van der Waals surface area contributed by atoms with Gasteiger partial charge in [-0.3, -0.25) is 24.8 Å². The van der Waals surface area contributed by atoms with Crippen molar-refractivity contribution in [3.63, 3.8) is 0 Å². The van der Waals surface area contributed by atoms with Crippen LogP contribution in [0.1, 0.15) is 57.4 Å². The predicted octanol–water partition coefficient (Wildman–Crippen LogP) is 0.731. The van der Waals surface area contributed by atoms with Crippen LogP contribution in [0.3, 0.4) is 0 Å². The second kappa shape index (κ2) is 11.5. The average molecular weight is 473 g/mol. The van der Waals surface area contributed by atoms with Gasteiger partial charge in [-0.1, -0.05) is 6.42 Å². The molecule has 3 atom stereocenters. The third-order valence-corrected chi connectivity index (χ3v) is 6.94. The molecule has 10 nitrogen and oxygen atoms in total. The van der Waals surface area contributed by atoms with E-state index in [9.17, 15) is 19.5 Å². The smallest absolute Gasteiger partial charge is 0.242 e. The maximum absolute atomic E-state index is 13.1. The van der Waals surface area contributed by atoms with Gasteiger partial charge in [-0.15, -0.1) is 0 Å². The SMILES string of the molecule is CC(=O)C(=N)c1ccncc1NCC(=O)N[C@@H](C[C@@H](CN)CO)C(=O)NC1CCCC2(CC2)C1. The Labute approximate surface area is 200 Å². The fraction of sp³-hybridized carbons (Fsp3) is 0.625. The third kappa shape index (κ3) is 6.83. The van der Waals surface area contributed by atoms with E-state index in [0.717, 1.165) is 19.3 Å². The summed E-state index contributed by atoms with van der Waals surface area (Å²) in [5, 5.41) is 26.3. The Morgan fingerprint density at radius 3 is 2.74 bits per heavy atom. The Morgan fingerprint density at radius 1 is 1.32 bits per heavy atom. The largest absolute Gasteiger partial charge is 0.396 e. The standard InChI is InChI=1S/C24H36N6O4/c1-15(32)22(26)18-4-8-27-12-20(18)28-13-21(33)30-19(9-16(11-25)14-31)23(34)29-17-3-2-5-24(10-17)6-7-24/h4,8,12,16-17,19,26,28,31H,2-3,5-7,9-11,13-14,25H2,1H3,(H,29,34)(H,30,33)/t16-,17?,19-/m0/s1. The second-order valence-electron chi connectivity index (χ2n) is 9.65. The zero-order chi connectivity index (χ0) is 24.7. The lowest BCUT2D eigenvalue weighted by atomic mass is 9.83. The van der Waals surface area contributed by atoms with E-state index in [1.807, 2.05) is 0 Å². The van der Waals surface area contributed by atoms with Gasteiger partial charge in [-0.2, -0.15) is 0 Å². The van der Waals surface area contributed by atoms with Crippen LogP contribution in [0.2, 0.25) is 0 Å². The Balaban J connectivity index is 1.61. The molecule has 3 rings (SSSR count). The van der Waals surface area contributed by atoms with Gasteiger partial charge in [0.1, 0.15) is 11.8 Å². The first kappa shape index (κ1) is 25.8. The van der Waals surface area contributed by atoms with E-state index in [0.29, 0.717) is 16.7 Å². The lowest BCUT2D eigenvalue weighted by Gasteiger charge is -2.31. The van der Waals surface area contributed by atoms with Gasteiger partial charge < -0.3 is 26.8 Å². The molecule has 0 aromatic carbocycles. The molecule has 1 aromatic rings. The Morgan fingerprint density at radius 2 is 2.09 bits per heavy atom. The number of aliphatic hydroxyl groups excluding tert-OH is 1. The summed E-state index contributed by atoms with van der Waals surface area (Å²) >= 11 is 0. The van der Waals surface area contributed by atoms with Gasteiger partial charge in [-0.25, -0.2) is 0 Å². The van der Waals surface area contributed by atoms with Gasteiger partial charge in [0, 0.05) is 31.3 Å². The topological polar surface area (TPSA) is 170 Å². The van der Waals surface area contributed by atoms with Crippen molar-refractivity contribution in [2.75, 3.05) is 25.0 Å². The number of Topliss-reactive ketones (excluding diaryl/α,β-unsaturated/α-hetero) is 1. The van der Waals surface area contributed by atoms with Crippen molar-refractivity contribution in [2.45, 2.75) is 64.0 Å². The van der Waals surface area contributed by atoms with E-state index < -0.39 is 17.7 Å². The fourth-order valence-corrected chi connectivity index (χ4v) is 4.68. The molecule has 0 aliphatic heterocycles. The maximum Gasteiger partial charge on any atom is 0.242 e. The lowest BCUT2D eigenvalue weighted by Crippen LogP contribution is -2.52. The van der Waals surface area contributed by atoms with Gasteiger partial charge in [0.05, 0.1) is 18.4 Å². The van der Waals surface area contributed by atoms with Gasteiger partial charge >= 0.3 is 0 Å². The minimum atomic E-state index is -0.823. The van der Waals surface area contributed by atoms with E-state index in [1.54, 1.807) is 0 Å². The predicted molar refractivity (Wildman–Crippen MR) is 128 cm³/mol. The number of ketones is 1. The number of hydrogen-bond donors (Lipinski definition) is 6. The normalized spacial score (nSPS) is 20.1. The minimum absolute atomic E-state index is 0.0993. The molecule has 34 heavy (non-hydrogen) atoms. The monoisotopic (exact) mass is 472 g/mol. The summed E-state index contributed by atoms with van der Waals surface area (Å²) in [4.78, 5) is 41.4. The number of nitrogens with zero attached hydrogens (tertiary/aromatic N) is 1. The molecule has 2 aliphatic rings. The molecule has 1 aromatic heterocycles. The highest BCUT2D eigenvalue weighted by Gasteiger charge is 2.46. The molecule has 0 saturated heterocycles. The molecule has 2 aliphatic carbocycles. The molecule has 2 fully saturated rings. The third-order valence-electron chi connectivity index (χ3n) is 6.94. The summed E-state index contributed by atoms with van der Waals surface area (Å²) in [5.41, 5.74) is 6.67. The van der Waals surface area contributed by atoms with Crippen LogP contribution in [0, 0.1) is 16.7 Å². The molecule has 2 amide bonds. The maximum atomic E-state index is 13.1. The summed E-state index contributed by atoms with van der Waals surface area (Å²) in [6.07, 6.45) is 9.82. The molecule has 7 N–H and O–H groups in total. The van der Waals surface area contributed by atoms with E-state index in [2.05, 4.69) is 20.9 Å². The number of aromatic nitrogens is 1. The van der Waals surface area contributed by atoms with Crippen LogP contribution in [0.15, 0.2) is 18.5 Å². The quantitative estimate of drug-likeness (QED) is 0.243. The summed E-state index contributed by atoms with van der Waals surface area (Å²) in [7, 11) is 0. The van der Waals surface area contributed by atoms with E-state index in [1.165, 1.54) is 44.6 Å². The number of carbonyl (C=O) groups excluding carboxylic acids is 3. The summed E-state index contributed by atoms with van der Waals surface area (Å²) < 4.78 is 0. The number of nitrogens with one attached hydrogen (secondary N) is 4.